The summed E-state index contributed by atoms with van der Waals surface area (Å²) in [4.78, 5) is 0.404. The first-order valence-corrected chi connectivity index (χ1v) is 9.92. The summed E-state index contributed by atoms with van der Waals surface area (Å²) >= 11 is 3.36. The Balaban J connectivity index is 2.26. The first-order valence-electron chi connectivity index (χ1n) is 7.68. The van der Waals surface area contributed by atoms with Crippen molar-refractivity contribution in [3.8, 4) is 0 Å². The number of benzene rings is 1. The van der Waals surface area contributed by atoms with Crippen LogP contribution in [-0.2, 0) is 10.0 Å². The van der Waals surface area contributed by atoms with Gasteiger partial charge in [-0.3, -0.25) is 0 Å². The van der Waals surface area contributed by atoms with Crippen molar-refractivity contribution in [3.05, 3.63) is 28.7 Å². The summed E-state index contributed by atoms with van der Waals surface area (Å²) in [6, 6.07) is 7.15. The Kier molecular flexibility index (Phi) is 5.86. The fraction of sp³-hybridized carbons (Fsp3) is 0.625. The standard InChI is InChI=1S/C16H24BrNO2S/c1-13(2)11-12-18(15-5-3-4-6-15)21(19,20)16-9-7-14(17)8-10-16/h7-10,13,15H,3-6,11-12H2,1-2H3. The highest BCUT2D eigenvalue weighted by Crippen LogP contribution is 2.29. The van der Waals surface area contributed by atoms with Gasteiger partial charge in [0.15, 0.2) is 0 Å². The lowest BCUT2D eigenvalue weighted by Crippen LogP contribution is -2.39. The predicted octanol–water partition coefficient (Wildman–Crippen LogP) is 4.43. The third-order valence-electron chi connectivity index (χ3n) is 4.08. The molecule has 0 radical (unpaired) electrons. The van der Waals surface area contributed by atoms with Crippen LogP contribution in [0.3, 0.4) is 0 Å². The van der Waals surface area contributed by atoms with Gasteiger partial charge in [-0.05, 0) is 49.4 Å². The molecule has 1 aromatic carbocycles. The summed E-state index contributed by atoms with van der Waals surface area (Å²) in [7, 11) is -3.38. The maximum absolute atomic E-state index is 13.0. The average molecular weight is 374 g/mol. The van der Waals surface area contributed by atoms with E-state index in [1.165, 1.54) is 0 Å². The van der Waals surface area contributed by atoms with Crippen molar-refractivity contribution < 1.29 is 8.42 Å². The Bertz CT molecular complexity index is 548. The zero-order chi connectivity index (χ0) is 15.5. The summed E-state index contributed by atoms with van der Waals surface area (Å²) in [5.74, 6) is 0.508. The van der Waals surface area contributed by atoms with E-state index in [1.807, 2.05) is 0 Å². The minimum atomic E-state index is -3.38. The summed E-state index contributed by atoms with van der Waals surface area (Å²) in [5, 5.41) is 0. The molecule has 21 heavy (non-hydrogen) atoms. The number of halogens is 1. The summed E-state index contributed by atoms with van der Waals surface area (Å²) < 4.78 is 28.6. The quantitative estimate of drug-likeness (QED) is 0.739. The Labute approximate surface area is 136 Å². The topological polar surface area (TPSA) is 37.4 Å². The predicted molar refractivity (Wildman–Crippen MR) is 89.7 cm³/mol. The van der Waals surface area contributed by atoms with Crippen molar-refractivity contribution in [1.29, 1.82) is 0 Å². The highest BCUT2D eigenvalue weighted by Gasteiger charge is 2.32. The van der Waals surface area contributed by atoms with E-state index >= 15 is 0 Å². The second kappa shape index (κ2) is 7.25. The molecule has 0 unspecified atom stereocenters. The van der Waals surface area contributed by atoms with E-state index < -0.39 is 10.0 Å². The van der Waals surface area contributed by atoms with Crippen LogP contribution in [0.1, 0.15) is 46.0 Å². The van der Waals surface area contributed by atoms with Gasteiger partial charge in [-0.1, -0.05) is 42.6 Å². The zero-order valence-corrected chi connectivity index (χ0v) is 15.2. The number of rotatable bonds is 6. The highest BCUT2D eigenvalue weighted by molar-refractivity contribution is 9.10. The molecule has 0 bridgehead atoms. The largest absolute Gasteiger partial charge is 0.243 e. The van der Waals surface area contributed by atoms with E-state index in [2.05, 4.69) is 29.8 Å². The molecular weight excluding hydrogens is 350 g/mol. The molecule has 0 heterocycles. The van der Waals surface area contributed by atoms with Crippen LogP contribution in [0, 0.1) is 5.92 Å². The highest BCUT2D eigenvalue weighted by atomic mass is 79.9. The van der Waals surface area contributed by atoms with Gasteiger partial charge in [-0.2, -0.15) is 4.31 Å². The van der Waals surface area contributed by atoms with Gasteiger partial charge in [0.25, 0.3) is 0 Å². The molecule has 0 saturated heterocycles. The molecule has 1 fully saturated rings. The van der Waals surface area contributed by atoms with Crippen molar-refractivity contribution in [2.75, 3.05) is 6.54 Å². The Morgan fingerprint density at radius 3 is 2.29 bits per heavy atom. The van der Waals surface area contributed by atoms with Gasteiger partial charge in [0.2, 0.25) is 10.0 Å². The van der Waals surface area contributed by atoms with Crippen LogP contribution in [0.25, 0.3) is 0 Å². The van der Waals surface area contributed by atoms with Crippen LogP contribution in [0.4, 0.5) is 0 Å². The Morgan fingerprint density at radius 2 is 1.76 bits per heavy atom. The molecule has 5 heteroatoms. The van der Waals surface area contributed by atoms with Crippen molar-refractivity contribution in [2.45, 2.75) is 56.9 Å². The van der Waals surface area contributed by atoms with Crippen molar-refractivity contribution in [2.24, 2.45) is 5.92 Å². The van der Waals surface area contributed by atoms with E-state index in [-0.39, 0.29) is 6.04 Å². The number of hydrogen-bond acceptors (Lipinski definition) is 2. The summed E-state index contributed by atoms with van der Waals surface area (Å²) in [5.41, 5.74) is 0. The van der Waals surface area contributed by atoms with Gasteiger partial charge < -0.3 is 0 Å². The van der Waals surface area contributed by atoms with Gasteiger partial charge in [0, 0.05) is 17.1 Å². The van der Waals surface area contributed by atoms with Crippen LogP contribution < -0.4 is 0 Å². The van der Waals surface area contributed by atoms with Crippen LogP contribution in [0.2, 0.25) is 0 Å². The van der Waals surface area contributed by atoms with Crippen molar-refractivity contribution in [1.82, 2.24) is 4.31 Å². The van der Waals surface area contributed by atoms with Gasteiger partial charge in [-0.15, -0.1) is 0 Å². The maximum Gasteiger partial charge on any atom is 0.243 e. The lowest BCUT2D eigenvalue weighted by Gasteiger charge is -2.28. The second-order valence-electron chi connectivity index (χ2n) is 6.19. The SMILES string of the molecule is CC(C)CCN(C1CCCC1)S(=O)(=O)c1ccc(Br)cc1. The Morgan fingerprint density at radius 1 is 1.19 bits per heavy atom. The number of nitrogens with zero attached hydrogens (tertiary/aromatic N) is 1. The molecule has 1 aliphatic rings. The molecule has 1 aliphatic carbocycles. The lowest BCUT2D eigenvalue weighted by molar-refractivity contribution is 0.304. The molecule has 0 aliphatic heterocycles. The molecule has 0 N–H and O–H groups in total. The number of sulfonamides is 1. The van der Waals surface area contributed by atoms with Crippen LogP contribution in [0.15, 0.2) is 33.6 Å². The van der Waals surface area contributed by atoms with E-state index in [0.29, 0.717) is 17.4 Å². The normalized spacial score (nSPS) is 17.0. The third-order valence-corrected chi connectivity index (χ3v) is 6.57. The van der Waals surface area contributed by atoms with Gasteiger partial charge in [0.05, 0.1) is 4.90 Å². The van der Waals surface area contributed by atoms with E-state index in [1.54, 1.807) is 28.6 Å². The average Bonchev–Trinajstić information content (AvgIpc) is 2.92. The molecule has 2 rings (SSSR count). The van der Waals surface area contributed by atoms with E-state index in [0.717, 1.165) is 36.6 Å². The third kappa shape index (κ3) is 4.30. The van der Waals surface area contributed by atoms with Crippen LogP contribution >= 0.6 is 15.9 Å². The first-order chi connectivity index (χ1) is 9.91. The molecule has 0 atom stereocenters. The van der Waals surface area contributed by atoms with Crippen LogP contribution in [-0.4, -0.2) is 25.3 Å². The molecule has 118 valence electrons. The fourth-order valence-electron chi connectivity index (χ4n) is 2.82. The molecule has 0 aromatic heterocycles. The Hall–Kier alpha value is -0.390. The summed E-state index contributed by atoms with van der Waals surface area (Å²) in [6.45, 7) is 4.90. The molecule has 1 aromatic rings. The maximum atomic E-state index is 13.0. The number of hydrogen-bond donors (Lipinski definition) is 0. The zero-order valence-electron chi connectivity index (χ0n) is 12.8. The van der Waals surface area contributed by atoms with E-state index in [9.17, 15) is 8.42 Å². The lowest BCUT2D eigenvalue weighted by atomic mass is 10.1. The molecule has 0 amide bonds. The van der Waals surface area contributed by atoms with Gasteiger partial charge >= 0.3 is 0 Å². The molecular formula is C16H24BrNO2S. The van der Waals surface area contributed by atoms with E-state index in [4.69, 9.17) is 0 Å². The van der Waals surface area contributed by atoms with Crippen molar-refractivity contribution >= 4 is 26.0 Å². The smallest absolute Gasteiger partial charge is 0.207 e. The van der Waals surface area contributed by atoms with Gasteiger partial charge in [0.1, 0.15) is 0 Å². The first kappa shape index (κ1) is 17.0. The molecule has 0 spiro atoms. The minimum absolute atomic E-state index is 0.178. The second-order valence-corrected chi connectivity index (χ2v) is 9.00. The molecule has 1 saturated carbocycles. The fourth-order valence-corrected chi connectivity index (χ4v) is 4.78. The van der Waals surface area contributed by atoms with Gasteiger partial charge in [-0.25, -0.2) is 8.42 Å². The molecule has 3 nitrogen and oxygen atoms in total. The minimum Gasteiger partial charge on any atom is -0.207 e. The van der Waals surface area contributed by atoms with Crippen LogP contribution in [0.5, 0.6) is 0 Å². The monoisotopic (exact) mass is 373 g/mol. The summed E-state index contributed by atoms with van der Waals surface area (Å²) in [6.07, 6.45) is 5.17. The van der Waals surface area contributed by atoms with Crippen molar-refractivity contribution in [3.63, 3.8) is 0 Å².